The molecular weight excluding hydrogens is 693 g/mol. The van der Waals surface area contributed by atoms with Crippen LogP contribution < -0.4 is 15.5 Å². The van der Waals surface area contributed by atoms with Gasteiger partial charge in [-0.05, 0) is 118 Å². The second-order valence-corrected chi connectivity index (χ2v) is 15.0. The number of rotatable bonds is 11. The van der Waals surface area contributed by atoms with Gasteiger partial charge in [-0.25, -0.2) is 0 Å². The van der Waals surface area contributed by atoms with Gasteiger partial charge in [-0.3, -0.25) is 29.1 Å². The summed E-state index contributed by atoms with van der Waals surface area (Å²) in [5.74, 6) is -1.63. The van der Waals surface area contributed by atoms with Gasteiger partial charge < -0.3 is 25.5 Å². The zero-order valence-corrected chi connectivity index (χ0v) is 31.5. The summed E-state index contributed by atoms with van der Waals surface area (Å²) in [7, 11) is 1.69. The Morgan fingerprint density at radius 2 is 1.58 bits per heavy atom. The van der Waals surface area contributed by atoms with Crippen LogP contribution >= 0.6 is 0 Å². The van der Waals surface area contributed by atoms with Crippen molar-refractivity contribution >= 4 is 35.1 Å². The van der Waals surface area contributed by atoms with E-state index >= 15 is 0 Å². The Kier molecular flexibility index (Phi) is 11.9. The molecule has 286 valence electrons. The average molecular weight is 743 g/mol. The first-order chi connectivity index (χ1) is 26.7. The average Bonchev–Trinajstić information content (AvgIpc) is 3.23. The van der Waals surface area contributed by atoms with Gasteiger partial charge in [0.15, 0.2) is 0 Å². The van der Waals surface area contributed by atoms with Crippen molar-refractivity contribution in [1.29, 1.82) is 0 Å². The minimum absolute atomic E-state index is 0.0623. The molecule has 2 atom stereocenters. The number of aryl methyl sites for hydroxylation is 1. The zero-order chi connectivity index (χ0) is 38.3. The first-order valence-electron chi connectivity index (χ1n) is 19.6. The second kappa shape index (κ2) is 17.3. The molecule has 3 amide bonds. The van der Waals surface area contributed by atoms with Crippen LogP contribution in [-0.4, -0.2) is 89.4 Å². The number of benzene rings is 3. The summed E-state index contributed by atoms with van der Waals surface area (Å²) in [5.41, 5.74) is 6.44. The highest BCUT2D eigenvalue weighted by Crippen LogP contribution is 2.34. The number of likely N-dealkylation sites (tertiary alicyclic amines) is 1. The lowest BCUT2D eigenvalue weighted by Gasteiger charge is -2.34. The fraction of sp³-hybridized carbons (Fsp3) is 0.386. The van der Waals surface area contributed by atoms with Gasteiger partial charge in [0, 0.05) is 67.4 Å². The number of pyridine rings is 1. The number of nitrogens with zero attached hydrogens (tertiary/aromatic N) is 4. The van der Waals surface area contributed by atoms with Crippen LogP contribution in [0.2, 0.25) is 0 Å². The Morgan fingerprint density at radius 3 is 2.42 bits per heavy atom. The van der Waals surface area contributed by atoms with Crippen LogP contribution in [0.1, 0.15) is 99.6 Å². The molecule has 11 nitrogen and oxygen atoms in total. The van der Waals surface area contributed by atoms with E-state index in [1.807, 2.05) is 35.2 Å². The molecule has 1 aliphatic carbocycles. The number of carbonyl (C=O) groups excluding carboxylic acids is 3. The number of fused-ring (bicyclic) bond motifs is 1. The van der Waals surface area contributed by atoms with Crippen molar-refractivity contribution in [3.8, 4) is 11.3 Å². The smallest absolute Gasteiger partial charge is 0.320 e. The highest BCUT2D eigenvalue weighted by Gasteiger charge is 2.29. The highest BCUT2D eigenvalue weighted by atomic mass is 16.4. The Bertz CT molecular complexity index is 2040. The van der Waals surface area contributed by atoms with Gasteiger partial charge in [-0.2, -0.15) is 0 Å². The maximum absolute atomic E-state index is 13.9. The van der Waals surface area contributed by atoms with Crippen LogP contribution in [0, 0.1) is 0 Å². The van der Waals surface area contributed by atoms with E-state index in [4.69, 9.17) is 0 Å². The molecule has 2 fully saturated rings. The van der Waals surface area contributed by atoms with Crippen molar-refractivity contribution in [1.82, 2.24) is 20.1 Å². The summed E-state index contributed by atoms with van der Waals surface area (Å²) in [5, 5.41) is 16.0. The predicted molar refractivity (Wildman–Crippen MR) is 214 cm³/mol. The maximum atomic E-state index is 13.9. The van der Waals surface area contributed by atoms with Gasteiger partial charge in [0.2, 0.25) is 0 Å². The van der Waals surface area contributed by atoms with Crippen molar-refractivity contribution in [3.63, 3.8) is 0 Å². The SMILES string of the molecule is CN(CCN1CCCCC1C(=O)O)C(=O)c1cccc(C(=O)Nc2ccc(N3CCCCC3)cc2-c2cc(C(=O)NC3CCCc4ccccc43)ccn2)c1. The lowest BCUT2D eigenvalue weighted by atomic mass is 9.87. The molecule has 11 heteroatoms. The fourth-order valence-corrected chi connectivity index (χ4v) is 8.19. The van der Waals surface area contributed by atoms with E-state index in [9.17, 15) is 24.3 Å². The minimum Gasteiger partial charge on any atom is -0.480 e. The van der Waals surface area contributed by atoms with Gasteiger partial charge in [0.25, 0.3) is 17.7 Å². The van der Waals surface area contributed by atoms with Crippen LogP contribution in [0.5, 0.6) is 0 Å². The standard InChI is InChI=1S/C44H50N6O5/c1-48(25-26-50-24-8-5-17-40(50)44(54)55)43(53)33-14-9-13-31(27-33)41(51)47-38-19-18-34(49-22-6-2-7-23-49)29-36(38)39-28-32(20-21-45-39)42(52)46-37-16-10-12-30-11-3-4-15-35(30)37/h3-4,9,11,13-15,18-21,27-29,37,40H,2,5-8,10,12,16-17,22-26H2,1H3,(H,46,52)(H,47,51)(H,54,55). The second-order valence-electron chi connectivity index (χ2n) is 15.0. The number of nitrogens with one attached hydrogen (secondary N) is 2. The number of anilines is 2. The molecular formula is C44H50N6O5. The predicted octanol–water partition coefficient (Wildman–Crippen LogP) is 6.81. The molecule has 0 radical (unpaired) electrons. The number of hydrogen-bond donors (Lipinski definition) is 3. The number of carboxylic acids is 1. The van der Waals surface area contributed by atoms with Gasteiger partial charge in [-0.1, -0.05) is 36.8 Å². The van der Waals surface area contributed by atoms with Crippen LogP contribution in [0.15, 0.2) is 85.1 Å². The molecule has 0 spiro atoms. The number of carboxylic acid groups (broad SMARTS) is 1. The number of hydrogen-bond acceptors (Lipinski definition) is 7. The highest BCUT2D eigenvalue weighted by molar-refractivity contribution is 6.08. The Morgan fingerprint density at radius 1 is 0.800 bits per heavy atom. The zero-order valence-electron chi connectivity index (χ0n) is 31.5. The van der Waals surface area contributed by atoms with Crippen molar-refractivity contribution in [2.75, 3.05) is 50.0 Å². The number of likely N-dealkylation sites (N-methyl/N-ethyl adjacent to an activating group) is 1. The van der Waals surface area contributed by atoms with E-state index in [1.54, 1.807) is 54.5 Å². The summed E-state index contributed by atoms with van der Waals surface area (Å²) in [4.78, 5) is 63.3. The first-order valence-corrected chi connectivity index (χ1v) is 19.6. The van der Waals surface area contributed by atoms with E-state index in [0.29, 0.717) is 59.7 Å². The van der Waals surface area contributed by atoms with E-state index in [-0.39, 0.29) is 23.8 Å². The lowest BCUT2D eigenvalue weighted by Crippen LogP contribution is -2.47. The van der Waals surface area contributed by atoms with Crippen molar-refractivity contribution in [2.45, 2.75) is 69.9 Å². The maximum Gasteiger partial charge on any atom is 0.320 e. The van der Waals surface area contributed by atoms with Crippen molar-refractivity contribution in [3.05, 3.63) is 113 Å². The van der Waals surface area contributed by atoms with Crippen molar-refractivity contribution in [2.24, 2.45) is 0 Å². The lowest BCUT2D eigenvalue weighted by molar-refractivity contribution is -0.144. The first kappa shape index (κ1) is 37.8. The van der Waals surface area contributed by atoms with Crippen LogP contribution in [0.4, 0.5) is 11.4 Å². The number of piperidine rings is 2. The topological polar surface area (TPSA) is 135 Å². The van der Waals surface area contributed by atoms with E-state index in [0.717, 1.165) is 63.7 Å². The Hall–Kier alpha value is -5.55. The summed E-state index contributed by atoms with van der Waals surface area (Å²) in [6, 6.07) is 23.8. The van der Waals surface area contributed by atoms with E-state index in [1.165, 1.54) is 17.5 Å². The van der Waals surface area contributed by atoms with Gasteiger partial charge in [0.05, 0.1) is 17.4 Å². The van der Waals surface area contributed by atoms with Gasteiger partial charge in [-0.15, -0.1) is 0 Å². The Labute approximate surface area is 322 Å². The number of carbonyl (C=O) groups is 4. The van der Waals surface area contributed by atoms with E-state index in [2.05, 4.69) is 32.7 Å². The third-order valence-electron chi connectivity index (χ3n) is 11.3. The number of aliphatic carboxylic acids is 1. The third-order valence-corrected chi connectivity index (χ3v) is 11.3. The summed E-state index contributed by atoms with van der Waals surface area (Å²) in [6.07, 6.45) is 10.4. The number of aromatic nitrogens is 1. The fourth-order valence-electron chi connectivity index (χ4n) is 8.19. The molecule has 1 aromatic heterocycles. The summed E-state index contributed by atoms with van der Waals surface area (Å²) < 4.78 is 0. The minimum atomic E-state index is -0.827. The van der Waals surface area contributed by atoms with Crippen LogP contribution in [0.3, 0.4) is 0 Å². The summed E-state index contributed by atoms with van der Waals surface area (Å²) in [6.45, 7) is 3.40. The Balaban J connectivity index is 1.10. The quantitative estimate of drug-likeness (QED) is 0.153. The number of amides is 3. The van der Waals surface area contributed by atoms with Crippen LogP contribution in [-0.2, 0) is 11.2 Å². The molecule has 3 heterocycles. The molecule has 3 aromatic carbocycles. The largest absolute Gasteiger partial charge is 0.480 e. The molecule has 7 rings (SSSR count). The molecule has 3 N–H and O–H groups in total. The molecule has 2 saturated heterocycles. The third kappa shape index (κ3) is 8.89. The van der Waals surface area contributed by atoms with Crippen LogP contribution in [0.25, 0.3) is 11.3 Å². The molecule has 4 aromatic rings. The molecule has 2 unspecified atom stereocenters. The van der Waals surface area contributed by atoms with Crippen molar-refractivity contribution < 1.29 is 24.3 Å². The molecule has 55 heavy (non-hydrogen) atoms. The molecule has 0 saturated carbocycles. The van der Waals surface area contributed by atoms with E-state index < -0.39 is 12.0 Å². The van der Waals surface area contributed by atoms with Gasteiger partial charge in [0.1, 0.15) is 6.04 Å². The monoisotopic (exact) mass is 742 g/mol. The van der Waals surface area contributed by atoms with Gasteiger partial charge >= 0.3 is 5.97 Å². The molecule has 3 aliphatic rings. The molecule has 2 aliphatic heterocycles. The molecule has 0 bridgehead atoms. The summed E-state index contributed by atoms with van der Waals surface area (Å²) >= 11 is 0. The normalized spacial score (nSPS) is 18.5.